The Kier molecular flexibility index (Phi) is 6.09. The number of aromatic nitrogens is 2. The molecular weight excluding hydrogens is 380 g/mol. The van der Waals surface area contributed by atoms with E-state index in [2.05, 4.69) is 20.4 Å². The lowest BCUT2D eigenvalue weighted by Crippen LogP contribution is -2.37. The SMILES string of the molecule is COc1ccc(NC(=O)C2CCN(Cc3nc(-c4cccc(C)c4)no3)CC2)cc1. The van der Waals surface area contributed by atoms with E-state index in [-0.39, 0.29) is 11.8 Å². The van der Waals surface area contributed by atoms with E-state index in [1.807, 2.05) is 55.5 Å². The summed E-state index contributed by atoms with van der Waals surface area (Å²) in [6.45, 7) is 4.29. The van der Waals surface area contributed by atoms with Crippen molar-refractivity contribution in [1.82, 2.24) is 15.0 Å². The third kappa shape index (κ3) is 4.86. The number of anilines is 1. The van der Waals surface area contributed by atoms with E-state index in [0.29, 0.717) is 18.3 Å². The molecule has 1 fully saturated rings. The largest absolute Gasteiger partial charge is 0.497 e. The molecule has 1 saturated heterocycles. The Morgan fingerprint density at radius 2 is 1.97 bits per heavy atom. The minimum Gasteiger partial charge on any atom is -0.497 e. The molecule has 2 heterocycles. The smallest absolute Gasteiger partial charge is 0.241 e. The zero-order chi connectivity index (χ0) is 20.9. The van der Waals surface area contributed by atoms with Gasteiger partial charge in [0.05, 0.1) is 13.7 Å². The van der Waals surface area contributed by atoms with Crippen molar-refractivity contribution in [3.8, 4) is 17.1 Å². The molecule has 1 aliphatic heterocycles. The summed E-state index contributed by atoms with van der Waals surface area (Å²) < 4.78 is 10.6. The van der Waals surface area contributed by atoms with E-state index in [1.165, 1.54) is 0 Å². The van der Waals surface area contributed by atoms with Crippen molar-refractivity contribution in [2.75, 3.05) is 25.5 Å². The fourth-order valence-electron chi connectivity index (χ4n) is 3.68. The summed E-state index contributed by atoms with van der Waals surface area (Å²) in [6.07, 6.45) is 1.61. The Bertz CT molecular complexity index is 992. The maximum atomic E-state index is 12.6. The zero-order valence-electron chi connectivity index (χ0n) is 17.3. The van der Waals surface area contributed by atoms with Crippen LogP contribution in [0.5, 0.6) is 5.75 Å². The number of methoxy groups -OCH3 is 1. The van der Waals surface area contributed by atoms with Crippen LogP contribution in [0.15, 0.2) is 53.1 Å². The van der Waals surface area contributed by atoms with Crippen molar-refractivity contribution < 1.29 is 14.1 Å². The first-order valence-electron chi connectivity index (χ1n) is 10.2. The predicted molar refractivity (Wildman–Crippen MR) is 114 cm³/mol. The van der Waals surface area contributed by atoms with E-state index in [1.54, 1.807) is 7.11 Å². The first kappa shape index (κ1) is 20.1. The van der Waals surface area contributed by atoms with Crippen LogP contribution in [0.4, 0.5) is 5.69 Å². The summed E-state index contributed by atoms with van der Waals surface area (Å²) in [5.74, 6) is 2.07. The first-order chi connectivity index (χ1) is 14.6. The highest BCUT2D eigenvalue weighted by molar-refractivity contribution is 5.92. The molecule has 3 aromatic rings. The number of nitrogens with zero attached hydrogens (tertiary/aromatic N) is 3. The molecule has 2 aromatic carbocycles. The quantitative estimate of drug-likeness (QED) is 0.669. The van der Waals surface area contributed by atoms with Gasteiger partial charge in [-0.05, 0) is 63.2 Å². The van der Waals surface area contributed by atoms with Crippen molar-refractivity contribution in [3.05, 3.63) is 60.0 Å². The van der Waals surface area contributed by atoms with E-state index >= 15 is 0 Å². The van der Waals surface area contributed by atoms with Gasteiger partial charge in [0.2, 0.25) is 17.6 Å². The number of likely N-dealkylation sites (tertiary alicyclic amines) is 1. The van der Waals surface area contributed by atoms with Crippen LogP contribution in [0.25, 0.3) is 11.4 Å². The van der Waals surface area contributed by atoms with E-state index in [9.17, 15) is 4.79 Å². The molecule has 0 saturated carbocycles. The molecule has 1 amide bonds. The number of aryl methyl sites for hydroxylation is 1. The molecule has 1 aromatic heterocycles. The molecule has 0 aliphatic carbocycles. The standard InChI is InChI=1S/C23H26N4O3/c1-16-4-3-5-18(14-16)22-25-21(30-26-22)15-27-12-10-17(11-13-27)23(28)24-19-6-8-20(29-2)9-7-19/h3-9,14,17H,10-13,15H2,1-2H3,(H,24,28). The van der Waals surface area contributed by atoms with Gasteiger partial charge in [0.1, 0.15) is 5.75 Å². The van der Waals surface area contributed by atoms with Crippen LogP contribution < -0.4 is 10.1 Å². The second kappa shape index (κ2) is 9.09. The summed E-state index contributed by atoms with van der Waals surface area (Å²) in [7, 11) is 1.62. The molecule has 156 valence electrons. The molecule has 0 radical (unpaired) electrons. The Morgan fingerprint density at radius 1 is 1.20 bits per heavy atom. The van der Waals surface area contributed by atoms with Crippen molar-refractivity contribution in [1.29, 1.82) is 0 Å². The average molecular weight is 406 g/mol. The lowest BCUT2D eigenvalue weighted by molar-refractivity contribution is -0.121. The lowest BCUT2D eigenvalue weighted by atomic mass is 9.96. The van der Waals surface area contributed by atoms with Gasteiger partial charge in [-0.2, -0.15) is 4.98 Å². The van der Waals surface area contributed by atoms with Crippen LogP contribution in [0.3, 0.4) is 0 Å². The van der Waals surface area contributed by atoms with Crippen LogP contribution in [0, 0.1) is 12.8 Å². The number of carbonyl (C=O) groups is 1. The molecule has 7 nitrogen and oxygen atoms in total. The highest BCUT2D eigenvalue weighted by Crippen LogP contribution is 2.23. The summed E-state index contributed by atoms with van der Waals surface area (Å²) in [5.41, 5.74) is 2.91. The van der Waals surface area contributed by atoms with E-state index in [0.717, 1.165) is 48.5 Å². The fourth-order valence-corrected chi connectivity index (χ4v) is 3.68. The normalized spacial score (nSPS) is 15.1. The molecule has 1 N–H and O–H groups in total. The highest BCUT2D eigenvalue weighted by atomic mass is 16.5. The predicted octanol–water partition coefficient (Wildman–Crippen LogP) is 3.90. The third-order valence-electron chi connectivity index (χ3n) is 5.42. The Labute approximate surface area is 176 Å². The monoisotopic (exact) mass is 406 g/mol. The summed E-state index contributed by atoms with van der Waals surface area (Å²) in [6, 6.07) is 15.4. The van der Waals surface area contributed by atoms with Gasteiger partial charge in [-0.15, -0.1) is 0 Å². The number of nitrogens with one attached hydrogen (secondary N) is 1. The van der Waals surface area contributed by atoms with Gasteiger partial charge in [0.15, 0.2) is 0 Å². The van der Waals surface area contributed by atoms with Gasteiger partial charge in [-0.1, -0.05) is 28.9 Å². The van der Waals surface area contributed by atoms with Crippen molar-refractivity contribution >= 4 is 11.6 Å². The van der Waals surface area contributed by atoms with Gasteiger partial charge in [-0.25, -0.2) is 0 Å². The molecule has 1 aliphatic rings. The number of ether oxygens (including phenoxy) is 1. The minimum atomic E-state index is 0.00823. The third-order valence-corrected chi connectivity index (χ3v) is 5.42. The Morgan fingerprint density at radius 3 is 2.67 bits per heavy atom. The molecule has 0 atom stereocenters. The zero-order valence-corrected chi connectivity index (χ0v) is 17.3. The minimum absolute atomic E-state index is 0.00823. The first-order valence-corrected chi connectivity index (χ1v) is 10.2. The Hall–Kier alpha value is -3.19. The molecule has 4 rings (SSSR count). The van der Waals surface area contributed by atoms with Gasteiger partial charge in [-0.3, -0.25) is 9.69 Å². The van der Waals surface area contributed by atoms with Crippen LogP contribution in [-0.2, 0) is 11.3 Å². The Balaban J connectivity index is 1.28. The average Bonchev–Trinajstić information content (AvgIpc) is 3.23. The number of benzene rings is 2. The number of carbonyl (C=O) groups excluding carboxylic acids is 1. The van der Waals surface area contributed by atoms with Crippen molar-refractivity contribution in [3.63, 3.8) is 0 Å². The molecule has 0 spiro atoms. The highest BCUT2D eigenvalue weighted by Gasteiger charge is 2.26. The van der Waals surface area contributed by atoms with E-state index < -0.39 is 0 Å². The number of rotatable bonds is 6. The van der Waals surface area contributed by atoms with Gasteiger partial charge >= 0.3 is 0 Å². The summed E-state index contributed by atoms with van der Waals surface area (Å²) in [5, 5.41) is 7.11. The number of hydrogen-bond acceptors (Lipinski definition) is 6. The molecule has 0 unspecified atom stereocenters. The summed E-state index contributed by atoms with van der Waals surface area (Å²) in [4.78, 5) is 19.4. The lowest BCUT2D eigenvalue weighted by Gasteiger charge is -2.30. The maximum absolute atomic E-state index is 12.6. The van der Waals surface area contributed by atoms with Gasteiger partial charge in [0, 0.05) is 17.2 Å². The second-order valence-electron chi connectivity index (χ2n) is 7.65. The number of piperidine rings is 1. The van der Waals surface area contributed by atoms with Crippen LogP contribution in [0.2, 0.25) is 0 Å². The molecule has 7 heteroatoms. The van der Waals surface area contributed by atoms with Crippen molar-refractivity contribution in [2.24, 2.45) is 5.92 Å². The molecule has 30 heavy (non-hydrogen) atoms. The fraction of sp³-hybridized carbons (Fsp3) is 0.348. The molecule has 0 bridgehead atoms. The molecular formula is C23H26N4O3. The van der Waals surface area contributed by atoms with Crippen LogP contribution >= 0.6 is 0 Å². The number of amides is 1. The van der Waals surface area contributed by atoms with Gasteiger partial charge in [0.25, 0.3) is 0 Å². The van der Waals surface area contributed by atoms with Crippen molar-refractivity contribution in [2.45, 2.75) is 26.3 Å². The van der Waals surface area contributed by atoms with E-state index in [4.69, 9.17) is 9.26 Å². The number of hydrogen-bond donors (Lipinski definition) is 1. The van der Waals surface area contributed by atoms with Crippen LogP contribution in [-0.4, -0.2) is 41.1 Å². The summed E-state index contributed by atoms with van der Waals surface area (Å²) >= 11 is 0. The van der Waals surface area contributed by atoms with Crippen LogP contribution in [0.1, 0.15) is 24.3 Å². The topological polar surface area (TPSA) is 80.5 Å². The second-order valence-corrected chi connectivity index (χ2v) is 7.65. The van der Waals surface area contributed by atoms with Gasteiger partial charge < -0.3 is 14.6 Å². The maximum Gasteiger partial charge on any atom is 0.241 e.